The van der Waals surface area contributed by atoms with Gasteiger partial charge in [-0.15, -0.1) is 0 Å². The third kappa shape index (κ3) is 4.26. The number of aryl methyl sites for hydroxylation is 1. The summed E-state index contributed by atoms with van der Waals surface area (Å²) < 4.78 is 16.3. The molecule has 1 fully saturated rings. The van der Waals surface area contributed by atoms with Gasteiger partial charge in [-0.05, 0) is 32.6 Å². The summed E-state index contributed by atoms with van der Waals surface area (Å²) in [4.78, 5) is 4.38. The molecule has 1 aliphatic heterocycles. The SMILES string of the molecule is CCCOCC(C)(N)c1noc(CCC2CCCO2)n1. The minimum absolute atomic E-state index is 0.336. The van der Waals surface area contributed by atoms with E-state index in [1.54, 1.807) is 0 Å². The fourth-order valence-electron chi connectivity index (χ4n) is 2.24. The van der Waals surface area contributed by atoms with E-state index >= 15 is 0 Å². The van der Waals surface area contributed by atoms with E-state index in [-0.39, 0.29) is 0 Å². The molecule has 1 saturated heterocycles. The van der Waals surface area contributed by atoms with E-state index in [9.17, 15) is 0 Å². The zero-order valence-corrected chi connectivity index (χ0v) is 12.4. The summed E-state index contributed by atoms with van der Waals surface area (Å²) in [5.74, 6) is 1.14. The van der Waals surface area contributed by atoms with Gasteiger partial charge in [0.1, 0.15) is 5.54 Å². The molecule has 1 aliphatic rings. The monoisotopic (exact) mass is 283 g/mol. The highest BCUT2D eigenvalue weighted by Gasteiger charge is 2.28. The summed E-state index contributed by atoms with van der Waals surface area (Å²) in [5.41, 5.74) is 5.47. The van der Waals surface area contributed by atoms with Crippen LogP contribution in [0.1, 0.15) is 51.2 Å². The van der Waals surface area contributed by atoms with E-state index in [1.165, 1.54) is 0 Å². The number of rotatable bonds is 8. The highest BCUT2D eigenvalue weighted by molar-refractivity contribution is 5.02. The average molecular weight is 283 g/mol. The number of ether oxygens (including phenoxy) is 2. The quantitative estimate of drug-likeness (QED) is 0.732. The maximum atomic E-state index is 6.18. The molecule has 0 spiro atoms. The second-order valence-electron chi connectivity index (χ2n) is 5.66. The van der Waals surface area contributed by atoms with Crippen molar-refractivity contribution in [2.24, 2.45) is 5.73 Å². The molecule has 2 N–H and O–H groups in total. The van der Waals surface area contributed by atoms with Crippen molar-refractivity contribution < 1.29 is 14.0 Å². The van der Waals surface area contributed by atoms with Crippen molar-refractivity contribution in [3.63, 3.8) is 0 Å². The molecule has 2 heterocycles. The summed E-state index contributed by atoms with van der Waals surface area (Å²) in [6.07, 6.45) is 5.24. The van der Waals surface area contributed by atoms with Crippen molar-refractivity contribution in [3.05, 3.63) is 11.7 Å². The molecule has 0 radical (unpaired) electrons. The van der Waals surface area contributed by atoms with E-state index in [2.05, 4.69) is 17.1 Å². The summed E-state index contributed by atoms with van der Waals surface area (Å²) in [7, 11) is 0. The predicted molar refractivity (Wildman–Crippen MR) is 74.2 cm³/mol. The number of hydrogen-bond donors (Lipinski definition) is 1. The lowest BCUT2D eigenvalue weighted by atomic mass is 10.1. The molecule has 2 atom stereocenters. The van der Waals surface area contributed by atoms with Crippen LogP contribution in [0.15, 0.2) is 4.52 Å². The molecule has 2 unspecified atom stereocenters. The summed E-state index contributed by atoms with van der Waals surface area (Å²) in [6.45, 7) is 5.88. The van der Waals surface area contributed by atoms with Crippen LogP contribution in [0.25, 0.3) is 0 Å². The van der Waals surface area contributed by atoms with E-state index in [0.29, 0.717) is 31.0 Å². The van der Waals surface area contributed by atoms with Gasteiger partial charge in [-0.2, -0.15) is 4.98 Å². The van der Waals surface area contributed by atoms with Crippen molar-refractivity contribution >= 4 is 0 Å². The molecule has 0 aromatic carbocycles. The molecule has 6 heteroatoms. The fraction of sp³-hybridized carbons (Fsp3) is 0.857. The molecule has 1 aromatic rings. The minimum Gasteiger partial charge on any atom is -0.379 e. The Balaban J connectivity index is 1.83. The number of aromatic nitrogens is 2. The van der Waals surface area contributed by atoms with Gasteiger partial charge in [0.25, 0.3) is 0 Å². The Morgan fingerprint density at radius 3 is 3.05 bits per heavy atom. The van der Waals surface area contributed by atoms with Gasteiger partial charge in [0.05, 0.1) is 12.7 Å². The highest BCUT2D eigenvalue weighted by atomic mass is 16.5. The van der Waals surface area contributed by atoms with Gasteiger partial charge in [-0.3, -0.25) is 0 Å². The van der Waals surface area contributed by atoms with E-state index in [0.717, 1.165) is 38.7 Å². The number of nitrogens with two attached hydrogens (primary N) is 1. The van der Waals surface area contributed by atoms with Crippen LogP contribution >= 0.6 is 0 Å². The second-order valence-corrected chi connectivity index (χ2v) is 5.66. The molecular formula is C14H25N3O3. The van der Waals surface area contributed by atoms with Crippen molar-refractivity contribution in [2.45, 2.75) is 57.6 Å². The van der Waals surface area contributed by atoms with Crippen molar-refractivity contribution in [3.8, 4) is 0 Å². The summed E-state index contributed by atoms with van der Waals surface area (Å²) in [5, 5.41) is 3.98. The Hall–Kier alpha value is -0.980. The standard InChI is InChI=1S/C14H25N3O3/c1-3-8-18-10-14(2,15)13-16-12(20-17-13)7-6-11-5-4-9-19-11/h11H,3-10,15H2,1-2H3. The van der Waals surface area contributed by atoms with Crippen LogP contribution in [0, 0.1) is 0 Å². The van der Waals surface area contributed by atoms with Gasteiger partial charge >= 0.3 is 0 Å². The largest absolute Gasteiger partial charge is 0.379 e. The molecule has 0 aliphatic carbocycles. The van der Waals surface area contributed by atoms with Crippen LogP contribution < -0.4 is 5.73 Å². The van der Waals surface area contributed by atoms with Crippen molar-refractivity contribution in [1.29, 1.82) is 0 Å². The predicted octanol–water partition coefficient (Wildman–Crippen LogP) is 1.78. The minimum atomic E-state index is -0.708. The molecule has 1 aromatic heterocycles. The first-order chi connectivity index (χ1) is 9.62. The maximum Gasteiger partial charge on any atom is 0.226 e. The smallest absolute Gasteiger partial charge is 0.226 e. The van der Waals surface area contributed by atoms with Crippen LogP contribution in [-0.4, -0.2) is 36.1 Å². The molecule has 114 valence electrons. The van der Waals surface area contributed by atoms with Gasteiger partial charge in [-0.25, -0.2) is 0 Å². The molecule has 20 heavy (non-hydrogen) atoms. The fourth-order valence-corrected chi connectivity index (χ4v) is 2.24. The highest BCUT2D eigenvalue weighted by Crippen LogP contribution is 2.19. The van der Waals surface area contributed by atoms with Crippen LogP contribution in [0.4, 0.5) is 0 Å². The van der Waals surface area contributed by atoms with Gasteiger partial charge in [0.2, 0.25) is 5.89 Å². The van der Waals surface area contributed by atoms with Crippen LogP contribution in [0.3, 0.4) is 0 Å². The Morgan fingerprint density at radius 2 is 2.35 bits per heavy atom. The maximum absolute atomic E-state index is 6.18. The zero-order valence-electron chi connectivity index (χ0n) is 12.4. The summed E-state index contributed by atoms with van der Waals surface area (Å²) >= 11 is 0. The molecular weight excluding hydrogens is 258 g/mol. The lowest BCUT2D eigenvalue weighted by molar-refractivity contribution is 0.0867. The van der Waals surface area contributed by atoms with Crippen LogP contribution in [-0.2, 0) is 21.4 Å². The first kappa shape index (κ1) is 15.4. The molecule has 0 amide bonds. The summed E-state index contributed by atoms with van der Waals surface area (Å²) in [6, 6.07) is 0. The topological polar surface area (TPSA) is 83.4 Å². The van der Waals surface area contributed by atoms with Crippen LogP contribution in [0.5, 0.6) is 0 Å². The number of nitrogens with zero attached hydrogens (tertiary/aromatic N) is 2. The van der Waals surface area contributed by atoms with Crippen LogP contribution in [0.2, 0.25) is 0 Å². The van der Waals surface area contributed by atoms with E-state index in [4.69, 9.17) is 19.7 Å². The van der Waals surface area contributed by atoms with Crippen molar-refractivity contribution in [1.82, 2.24) is 10.1 Å². The van der Waals surface area contributed by atoms with Crippen molar-refractivity contribution in [2.75, 3.05) is 19.8 Å². The van der Waals surface area contributed by atoms with E-state index < -0.39 is 5.54 Å². The van der Waals surface area contributed by atoms with E-state index in [1.807, 2.05) is 6.92 Å². The van der Waals surface area contributed by atoms with Gasteiger partial charge in [0, 0.05) is 19.6 Å². The molecule has 6 nitrogen and oxygen atoms in total. The molecule has 0 saturated carbocycles. The average Bonchev–Trinajstić information content (AvgIpc) is 3.08. The first-order valence-electron chi connectivity index (χ1n) is 7.43. The molecule has 0 bridgehead atoms. The Kier molecular flexibility index (Phi) is 5.51. The number of hydrogen-bond acceptors (Lipinski definition) is 6. The Bertz CT molecular complexity index is 400. The lowest BCUT2D eigenvalue weighted by Crippen LogP contribution is -2.39. The van der Waals surface area contributed by atoms with Gasteiger partial charge in [0.15, 0.2) is 5.82 Å². The second kappa shape index (κ2) is 7.15. The Labute approximate surface area is 120 Å². The zero-order chi connectivity index (χ0) is 14.4. The molecule has 2 rings (SSSR count). The Morgan fingerprint density at radius 1 is 1.50 bits per heavy atom. The third-order valence-electron chi connectivity index (χ3n) is 3.43. The van der Waals surface area contributed by atoms with Gasteiger partial charge in [-0.1, -0.05) is 12.1 Å². The first-order valence-corrected chi connectivity index (χ1v) is 7.43. The lowest BCUT2D eigenvalue weighted by Gasteiger charge is -2.19. The van der Waals surface area contributed by atoms with Gasteiger partial charge < -0.3 is 19.7 Å². The normalized spacial score (nSPS) is 22.1. The third-order valence-corrected chi connectivity index (χ3v) is 3.43.